The third-order valence-electron chi connectivity index (χ3n) is 3.73. The summed E-state index contributed by atoms with van der Waals surface area (Å²) in [5, 5.41) is 8.70. The Kier molecular flexibility index (Phi) is 4.37. The zero-order valence-electron chi connectivity index (χ0n) is 10.9. The first-order valence-electron chi connectivity index (χ1n) is 6.65. The molecule has 1 aliphatic carbocycles. The first-order valence-corrected chi connectivity index (χ1v) is 6.65. The van der Waals surface area contributed by atoms with Crippen molar-refractivity contribution in [3.63, 3.8) is 0 Å². The Bertz CT molecular complexity index is 417. The van der Waals surface area contributed by atoms with E-state index in [1.165, 1.54) is 30.4 Å². The van der Waals surface area contributed by atoms with E-state index in [4.69, 9.17) is 5.11 Å². The highest BCUT2D eigenvalue weighted by molar-refractivity contribution is 5.66. The van der Waals surface area contributed by atoms with Crippen molar-refractivity contribution in [2.75, 3.05) is 20.1 Å². The van der Waals surface area contributed by atoms with Gasteiger partial charge >= 0.3 is 5.97 Å². The Hall–Kier alpha value is -1.35. The van der Waals surface area contributed by atoms with Crippen LogP contribution >= 0.6 is 0 Å². The number of nitrogens with zero attached hydrogens (tertiary/aromatic N) is 1. The summed E-state index contributed by atoms with van der Waals surface area (Å²) in [5.41, 5.74) is 2.94. The molecule has 1 aliphatic rings. The van der Waals surface area contributed by atoms with Gasteiger partial charge in [0.15, 0.2) is 0 Å². The molecule has 18 heavy (non-hydrogen) atoms. The summed E-state index contributed by atoms with van der Waals surface area (Å²) < 4.78 is 0. The Morgan fingerprint density at radius 2 is 2.22 bits per heavy atom. The SMILES string of the molecule is CN(CCC(=O)O)CC1CCCc2ccccc21. The molecule has 0 heterocycles. The topological polar surface area (TPSA) is 40.5 Å². The summed E-state index contributed by atoms with van der Waals surface area (Å²) in [4.78, 5) is 12.7. The Morgan fingerprint density at radius 1 is 1.44 bits per heavy atom. The fourth-order valence-corrected chi connectivity index (χ4v) is 2.80. The fourth-order valence-electron chi connectivity index (χ4n) is 2.80. The lowest BCUT2D eigenvalue weighted by Gasteiger charge is -2.29. The number of benzene rings is 1. The normalized spacial score (nSPS) is 18.7. The van der Waals surface area contributed by atoms with Crippen LogP contribution in [0.25, 0.3) is 0 Å². The van der Waals surface area contributed by atoms with Crippen molar-refractivity contribution in [1.29, 1.82) is 0 Å². The zero-order chi connectivity index (χ0) is 13.0. The van der Waals surface area contributed by atoms with E-state index in [-0.39, 0.29) is 6.42 Å². The number of likely N-dealkylation sites (N-methyl/N-ethyl adjacent to an activating group) is 1. The first kappa shape index (κ1) is 13.1. The number of carboxylic acids is 1. The van der Waals surface area contributed by atoms with E-state index in [1.807, 2.05) is 7.05 Å². The van der Waals surface area contributed by atoms with E-state index in [9.17, 15) is 4.79 Å². The van der Waals surface area contributed by atoms with E-state index in [0.717, 1.165) is 6.54 Å². The first-order chi connectivity index (χ1) is 8.66. The van der Waals surface area contributed by atoms with Crippen LogP contribution in [0.5, 0.6) is 0 Å². The highest BCUT2D eigenvalue weighted by Gasteiger charge is 2.20. The minimum Gasteiger partial charge on any atom is -0.481 e. The van der Waals surface area contributed by atoms with Crippen molar-refractivity contribution in [2.45, 2.75) is 31.6 Å². The molecule has 2 rings (SSSR count). The highest BCUT2D eigenvalue weighted by Crippen LogP contribution is 2.31. The molecule has 0 aliphatic heterocycles. The van der Waals surface area contributed by atoms with Gasteiger partial charge in [-0.2, -0.15) is 0 Å². The van der Waals surface area contributed by atoms with Crippen molar-refractivity contribution >= 4 is 5.97 Å². The average Bonchev–Trinajstić information content (AvgIpc) is 2.37. The second-order valence-electron chi connectivity index (χ2n) is 5.19. The molecule has 0 spiro atoms. The maximum atomic E-state index is 10.6. The summed E-state index contributed by atoms with van der Waals surface area (Å²) in [6.07, 6.45) is 3.87. The van der Waals surface area contributed by atoms with Crippen LogP contribution in [-0.2, 0) is 11.2 Å². The predicted molar refractivity (Wildman–Crippen MR) is 71.9 cm³/mol. The van der Waals surface area contributed by atoms with E-state index in [0.29, 0.717) is 12.5 Å². The number of hydrogen-bond donors (Lipinski definition) is 1. The van der Waals surface area contributed by atoms with Crippen LogP contribution in [0.2, 0.25) is 0 Å². The third kappa shape index (κ3) is 3.33. The number of hydrogen-bond acceptors (Lipinski definition) is 2. The van der Waals surface area contributed by atoms with Crippen LogP contribution in [0, 0.1) is 0 Å². The molecule has 0 fully saturated rings. The standard InChI is InChI=1S/C15H21NO2/c1-16(10-9-15(17)18)11-13-7-4-6-12-5-2-3-8-14(12)13/h2-3,5,8,13H,4,6-7,9-11H2,1H3,(H,17,18). The Morgan fingerprint density at radius 3 is 3.00 bits per heavy atom. The fraction of sp³-hybridized carbons (Fsp3) is 0.533. The summed E-state index contributed by atoms with van der Waals surface area (Å²) in [6, 6.07) is 8.66. The van der Waals surface area contributed by atoms with E-state index in [1.54, 1.807) is 0 Å². The third-order valence-corrected chi connectivity index (χ3v) is 3.73. The second kappa shape index (κ2) is 6.01. The highest BCUT2D eigenvalue weighted by atomic mass is 16.4. The van der Waals surface area contributed by atoms with Crippen LogP contribution in [0.3, 0.4) is 0 Å². The number of aliphatic carboxylic acids is 1. The molecule has 1 unspecified atom stereocenters. The smallest absolute Gasteiger partial charge is 0.304 e. The minimum absolute atomic E-state index is 0.227. The molecular formula is C15H21NO2. The lowest BCUT2D eigenvalue weighted by Crippen LogP contribution is -2.28. The summed E-state index contributed by atoms with van der Waals surface area (Å²) >= 11 is 0. The monoisotopic (exact) mass is 247 g/mol. The molecule has 0 saturated carbocycles. The summed E-state index contributed by atoms with van der Waals surface area (Å²) in [6.45, 7) is 1.60. The molecular weight excluding hydrogens is 226 g/mol. The summed E-state index contributed by atoms with van der Waals surface area (Å²) in [5.74, 6) is -0.153. The Balaban J connectivity index is 1.96. The maximum absolute atomic E-state index is 10.6. The second-order valence-corrected chi connectivity index (χ2v) is 5.19. The number of rotatable bonds is 5. The molecule has 0 radical (unpaired) electrons. The van der Waals surface area contributed by atoms with Gasteiger partial charge in [0.25, 0.3) is 0 Å². The van der Waals surface area contributed by atoms with Crippen LogP contribution in [0.4, 0.5) is 0 Å². The molecule has 1 atom stereocenters. The maximum Gasteiger partial charge on any atom is 0.304 e. The molecule has 0 bridgehead atoms. The van der Waals surface area contributed by atoms with Crippen LogP contribution in [0.1, 0.15) is 36.3 Å². The molecule has 1 aromatic carbocycles. The molecule has 3 heteroatoms. The van der Waals surface area contributed by atoms with Gasteiger partial charge < -0.3 is 10.0 Å². The van der Waals surface area contributed by atoms with Crippen molar-refractivity contribution in [3.8, 4) is 0 Å². The van der Waals surface area contributed by atoms with Crippen molar-refractivity contribution in [2.24, 2.45) is 0 Å². The lowest BCUT2D eigenvalue weighted by atomic mass is 9.82. The van der Waals surface area contributed by atoms with Crippen LogP contribution in [0.15, 0.2) is 24.3 Å². The van der Waals surface area contributed by atoms with Gasteiger partial charge in [-0.3, -0.25) is 4.79 Å². The van der Waals surface area contributed by atoms with Gasteiger partial charge in [0.1, 0.15) is 0 Å². The van der Waals surface area contributed by atoms with Crippen LogP contribution in [-0.4, -0.2) is 36.1 Å². The van der Waals surface area contributed by atoms with Crippen LogP contribution < -0.4 is 0 Å². The molecule has 0 amide bonds. The number of carbonyl (C=O) groups is 1. The van der Waals surface area contributed by atoms with Gasteiger partial charge in [-0.05, 0) is 43.4 Å². The van der Waals surface area contributed by atoms with Gasteiger partial charge in [0, 0.05) is 13.1 Å². The van der Waals surface area contributed by atoms with Gasteiger partial charge in [-0.15, -0.1) is 0 Å². The van der Waals surface area contributed by atoms with Crippen molar-refractivity contribution in [3.05, 3.63) is 35.4 Å². The minimum atomic E-state index is -0.717. The van der Waals surface area contributed by atoms with E-state index < -0.39 is 5.97 Å². The van der Waals surface area contributed by atoms with Crippen molar-refractivity contribution < 1.29 is 9.90 Å². The number of fused-ring (bicyclic) bond motifs is 1. The molecule has 0 aromatic heterocycles. The van der Waals surface area contributed by atoms with E-state index in [2.05, 4.69) is 29.2 Å². The zero-order valence-corrected chi connectivity index (χ0v) is 10.9. The van der Waals surface area contributed by atoms with Gasteiger partial charge in [-0.25, -0.2) is 0 Å². The largest absolute Gasteiger partial charge is 0.481 e. The molecule has 3 nitrogen and oxygen atoms in total. The Labute approximate surface area is 108 Å². The van der Waals surface area contributed by atoms with Gasteiger partial charge in [0.2, 0.25) is 0 Å². The molecule has 0 saturated heterocycles. The quantitative estimate of drug-likeness (QED) is 0.869. The number of aryl methyl sites for hydroxylation is 1. The summed E-state index contributed by atoms with van der Waals surface area (Å²) in [7, 11) is 2.01. The van der Waals surface area contributed by atoms with Gasteiger partial charge in [0.05, 0.1) is 6.42 Å². The molecule has 1 aromatic rings. The molecule has 1 N–H and O–H groups in total. The average molecular weight is 247 g/mol. The van der Waals surface area contributed by atoms with Gasteiger partial charge in [-0.1, -0.05) is 24.3 Å². The predicted octanol–water partition coefficient (Wildman–Crippen LogP) is 2.51. The molecule has 98 valence electrons. The van der Waals surface area contributed by atoms with E-state index >= 15 is 0 Å². The lowest BCUT2D eigenvalue weighted by molar-refractivity contribution is -0.137. The number of carboxylic acid groups (broad SMARTS) is 1. The van der Waals surface area contributed by atoms with Crippen molar-refractivity contribution in [1.82, 2.24) is 4.90 Å².